The number of piperidine rings is 1. The fraction of sp³-hybridized carbons (Fsp3) is 0.600. The van der Waals surface area contributed by atoms with Gasteiger partial charge in [0, 0.05) is 31.3 Å². The lowest BCUT2D eigenvalue weighted by Crippen LogP contribution is -2.32. The van der Waals surface area contributed by atoms with Crippen LogP contribution in [0.25, 0.3) is 0 Å². The predicted octanol–water partition coefficient (Wildman–Crippen LogP) is 4.70. The van der Waals surface area contributed by atoms with E-state index in [0.29, 0.717) is 30.9 Å². The van der Waals surface area contributed by atoms with Crippen molar-refractivity contribution in [2.24, 2.45) is 0 Å². The van der Waals surface area contributed by atoms with Gasteiger partial charge in [-0.2, -0.15) is 0 Å². The SMILES string of the molecule is O=C1CCOc2cc(OCCCCCSC(=S)N3CCCCC3)ccc21. The Labute approximate surface area is 165 Å². The van der Waals surface area contributed by atoms with Crippen LogP contribution < -0.4 is 9.47 Å². The number of carbonyl (C=O) groups excluding carboxylic acids is 1. The summed E-state index contributed by atoms with van der Waals surface area (Å²) >= 11 is 7.35. The predicted molar refractivity (Wildman–Crippen MR) is 111 cm³/mol. The number of likely N-dealkylation sites (tertiary alicyclic amines) is 1. The summed E-state index contributed by atoms with van der Waals surface area (Å²) in [5.74, 6) is 2.67. The van der Waals surface area contributed by atoms with Crippen molar-refractivity contribution in [2.75, 3.05) is 32.1 Å². The maximum atomic E-state index is 11.8. The Bertz CT molecular complexity index is 629. The summed E-state index contributed by atoms with van der Waals surface area (Å²) in [4.78, 5) is 14.1. The molecule has 1 aromatic carbocycles. The first-order valence-electron chi connectivity index (χ1n) is 9.58. The number of ether oxygens (including phenoxy) is 2. The summed E-state index contributed by atoms with van der Waals surface area (Å²) < 4.78 is 12.4. The van der Waals surface area contributed by atoms with E-state index in [1.807, 2.05) is 30.0 Å². The van der Waals surface area contributed by atoms with Gasteiger partial charge in [-0.1, -0.05) is 24.0 Å². The Balaban J connectivity index is 1.27. The van der Waals surface area contributed by atoms with E-state index in [9.17, 15) is 4.79 Å². The van der Waals surface area contributed by atoms with Gasteiger partial charge in [0.25, 0.3) is 0 Å². The van der Waals surface area contributed by atoms with Crippen molar-refractivity contribution in [3.63, 3.8) is 0 Å². The molecule has 0 aliphatic carbocycles. The third kappa shape index (κ3) is 5.61. The maximum Gasteiger partial charge on any atom is 0.169 e. The molecule has 0 saturated carbocycles. The van der Waals surface area contributed by atoms with Crippen molar-refractivity contribution < 1.29 is 14.3 Å². The van der Waals surface area contributed by atoms with Crippen LogP contribution in [-0.4, -0.2) is 47.1 Å². The van der Waals surface area contributed by atoms with Crippen LogP contribution in [0.15, 0.2) is 18.2 Å². The van der Waals surface area contributed by atoms with Crippen molar-refractivity contribution >= 4 is 34.1 Å². The van der Waals surface area contributed by atoms with Crippen LogP contribution in [0.2, 0.25) is 0 Å². The third-order valence-electron chi connectivity index (χ3n) is 4.74. The number of fused-ring (bicyclic) bond motifs is 1. The van der Waals surface area contributed by atoms with Crippen LogP contribution >= 0.6 is 24.0 Å². The van der Waals surface area contributed by atoms with Crippen molar-refractivity contribution in [1.82, 2.24) is 4.90 Å². The summed E-state index contributed by atoms with van der Waals surface area (Å²) in [5, 5.41) is 0. The molecule has 1 aromatic rings. The Morgan fingerprint density at radius 3 is 2.88 bits per heavy atom. The number of benzene rings is 1. The molecule has 2 aliphatic heterocycles. The zero-order valence-corrected chi connectivity index (χ0v) is 16.8. The van der Waals surface area contributed by atoms with E-state index in [1.54, 1.807) is 0 Å². The molecule has 0 bridgehead atoms. The lowest BCUT2D eigenvalue weighted by molar-refractivity contribution is 0.0933. The summed E-state index contributed by atoms with van der Waals surface area (Å²) in [6.07, 6.45) is 7.68. The van der Waals surface area contributed by atoms with Crippen molar-refractivity contribution in [1.29, 1.82) is 0 Å². The molecule has 6 heteroatoms. The second-order valence-electron chi connectivity index (χ2n) is 6.75. The van der Waals surface area contributed by atoms with Gasteiger partial charge in [-0.15, -0.1) is 0 Å². The Morgan fingerprint density at radius 1 is 1.19 bits per heavy atom. The minimum atomic E-state index is 0.151. The smallest absolute Gasteiger partial charge is 0.169 e. The van der Waals surface area contributed by atoms with Gasteiger partial charge in [0.2, 0.25) is 0 Å². The van der Waals surface area contributed by atoms with E-state index in [-0.39, 0.29) is 5.78 Å². The number of thioether (sulfide) groups is 1. The van der Waals surface area contributed by atoms with Crippen LogP contribution in [0.5, 0.6) is 11.5 Å². The van der Waals surface area contributed by atoms with E-state index in [1.165, 1.54) is 19.3 Å². The third-order valence-corrected chi connectivity index (χ3v) is 6.35. The minimum absolute atomic E-state index is 0.151. The van der Waals surface area contributed by atoms with E-state index in [2.05, 4.69) is 4.90 Å². The van der Waals surface area contributed by atoms with Crippen LogP contribution in [0.4, 0.5) is 0 Å². The summed E-state index contributed by atoms with van der Waals surface area (Å²) in [6.45, 7) is 3.42. The molecule has 1 saturated heterocycles. The molecule has 0 spiro atoms. The Kier molecular flexibility index (Phi) is 7.62. The first-order valence-corrected chi connectivity index (χ1v) is 11.0. The zero-order valence-electron chi connectivity index (χ0n) is 15.2. The van der Waals surface area contributed by atoms with E-state index in [0.717, 1.165) is 48.2 Å². The number of Topliss-reactive ketones (excluding diaryl/α,β-unsaturated/α-hetero) is 1. The molecule has 4 nitrogen and oxygen atoms in total. The van der Waals surface area contributed by atoms with Gasteiger partial charge in [-0.25, -0.2) is 0 Å². The molecule has 0 N–H and O–H groups in total. The number of rotatable bonds is 7. The van der Waals surface area contributed by atoms with Gasteiger partial charge in [0.05, 0.1) is 18.8 Å². The molecule has 0 unspecified atom stereocenters. The van der Waals surface area contributed by atoms with Gasteiger partial charge < -0.3 is 14.4 Å². The number of ketones is 1. The van der Waals surface area contributed by atoms with Crippen molar-refractivity contribution in [3.05, 3.63) is 23.8 Å². The van der Waals surface area contributed by atoms with Crippen LogP contribution in [0.1, 0.15) is 55.3 Å². The molecule has 3 rings (SSSR count). The molecule has 0 atom stereocenters. The van der Waals surface area contributed by atoms with Crippen LogP contribution in [0, 0.1) is 0 Å². The maximum absolute atomic E-state index is 11.8. The molecule has 0 amide bonds. The molecule has 0 aromatic heterocycles. The molecule has 2 heterocycles. The fourth-order valence-electron chi connectivity index (χ4n) is 3.23. The Hall–Kier alpha value is -1.27. The lowest BCUT2D eigenvalue weighted by Gasteiger charge is -2.28. The van der Waals surface area contributed by atoms with Gasteiger partial charge in [-0.3, -0.25) is 4.79 Å². The van der Waals surface area contributed by atoms with Gasteiger partial charge in [0.15, 0.2) is 5.78 Å². The molecule has 26 heavy (non-hydrogen) atoms. The molecular formula is C20H27NO3S2. The second kappa shape index (κ2) is 10.2. The summed E-state index contributed by atoms with van der Waals surface area (Å²) in [5.41, 5.74) is 0.672. The van der Waals surface area contributed by atoms with Gasteiger partial charge in [-0.05, 0) is 50.7 Å². The highest BCUT2D eigenvalue weighted by molar-refractivity contribution is 8.22. The fourth-order valence-corrected chi connectivity index (χ4v) is 4.55. The number of carbonyl (C=O) groups is 1. The number of thiocarbonyl (C=S) groups is 1. The standard InChI is InChI=1S/C20H27NO3S2/c22-18-9-13-24-19-15-16(7-8-17(18)19)23-12-5-2-6-14-26-20(25)21-10-3-1-4-11-21/h7-8,15H,1-6,9-14H2. The number of nitrogens with zero attached hydrogens (tertiary/aromatic N) is 1. The van der Waals surface area contributed by atoms with Crippen molar-refractivity contribution in [3.8, 4) is 11.5 Å². The summed E-state index contributed by atoms with van der Waals surface area (Å²) in [7, 11) is 0. The van der Waals surface area contributed by atoms with E-state index < -0.39 is 0 Å². The Morgan fingerprint density at radius 2 is 2.04 bits per heavy atom. The molecule has 1 fully saturated rings. The van der Waals surface area contributed by atoms with Crippen LogP contribution in [-0.2, 0) is 0 Å². The topological polar surface area (TPSA) is 38.8 Å². The van der Waals surface area contributed by atoms with Crippen LogP contribution in [0.3, 0.4) is 0 Å². The molecule has 142 valence electrons. The molecule has 2 aliphatic rings. The molecular weight excluding hydrogens is 366 g/mol. The monoisotopic (exact) mass is 393 g/mol. The highest BCUT2D eigenvalue weighted by atomic mass is 32.2. The molecule has 0 radical (unpaired) electrons. The highest BCUT2D eigenvalue weighted by Crippen LogP contribution is 2.29. The number of hydrogen-bond donors (Lipinski definition) is 0. The van der Waals surface area contributed by atoms with E-state index in [4.69, 9.17) is 21.7 Å². The minimum Gasteiger partial charge on any atom is -0.493 e. The number of unbranched alkanes of at least 4 members (excludes halogenated alkanes) is 2. The first kappa shape index (κ1) is 19.5. The quantitative estimate of drug-likeness (QED) is 0.494. The van der Waals surface area contributed by atoms with E-state index >= 15 is 0 Å². The van der Waals surface area contributed by atoms with Gasteiger partial charge >= 0.3 is 0 Å². The van der Waals surface area contributed by atoms with Crippen molar-refractivity contribution in [2.45, 2.75) is 44.9 Å². The first-order chi connectivity index (χ1) is 12.7. The number of hydrogen-bond acceptors (Lipinski definition) is 5. The second-order valence-corrected chi connectivity index (χ2v) is 8.48. The average molecular weight is 394 g/mol. The lowest BCUT2D eigenvalue weighted by atomic mass is 10.1. The summed E-state index contributed by atoms with van der Waals surface area (Å²) in [6, 6.07) is 5.50. The average Bonchev–Trinajstić information content (AvgIpc) is 2.68. The van der Waals surface area contributed by atoms with Gasteiger partial charge in [0.1, 0.15) is 15.8 Å². The largest absolute Gasteiger partial charge is 0.493 e. The zero-order chi connectivity index (χ0) is 18.2. The highest BCUT2D eigenvalue weighted by Gasteiger charge is 2.18. The normalized spacial score (nSPS) is 16.8.